The standard InChI is InChI=1S/C22H24BrN3O2/c1-16-7-8-21(17(2)11-16)28-15-18-5-3-6-19(12-18)22(27)24-9-4-10-26-14-20(23)13-25-26/h3,5-8,11-14H,4,9-10,15H2,1-2H3,(H,24,27). The highest BCUT2D eigenvalue weighted by Gasteiger charge is 2.07. The molecule has 0 bridgehead atoms. The van der Waals surface area contributed by atoms with E-state index in [2.05, 4.69) is 39.3 Å². The summed E-state index contributed by atoms with van der Waals surface area (Å²) in [6, 6.07) is 13.7. The summed E-state index contributed by atoms with van der Waals surface area (Å²) in [7, 11) is 0. The smallest absolute Gasteiger partial charge is 0.251 e. The predicted molar refractivity (Wildman–Crippen MR) is 114 cm³/mol. The van der Waals surface area contributed by atoms with Gasteiger partial charge in [-0.05, 0) is 65.5 Å². The molecule has 1 N–H and O–H groups in total. The van der Waals surface area contributed by atoms with Gasteiger partial charge in [0.25, 0.3) is 5.91 Å². The van der Waals surface area contributed by atoms with Crippen LogP contribution in [0.25, 0.3) is 0 Å². The number of nitrogens with zero attached hydrogens (tertiary/aromatic N) is 2. The maximum absolute atomic E-state index is 12.4. The van der Waals surface area contributed by atoms with Gasteiger partial charge < -0.3 is 10.1 Å². The molecule has 0 aliphatic rings. The number of amides is 1. The minimum Gasteiger partial charge on any atom is -0.489 e. The quantitative estimate of drug-likeness (QED) is 0.517. The molecule has 0 saturated carbocycles. The number of rotatable bonds is 8. The van der Waals surface area contributed by atoms with Crippen LogP contribution in [0.1, 0.15) is 33.5 Å². The monoisotopic (exact) mass is 441 g/mol. The van der Waals surface area contributed by atoms with Crippen LogP contribution in [0.4, 0.5) is 0 Å². The predicted octanol–water partition coefficient (Wildman–Crippen LogP) is 4.66. The van der Waals surface area contributed by atoms with E-state index < -0.39 is 0 Å². The zero-order valence-electron chi connectivity index (χ0n) is 16.1. The molecule has 1 heterocycles. The highest BCUT2D eigenvalue weighted by atomic mass is 79.9. The first-order chi connectivity index (χ1) is 13.5. The number of hydrogen-bond acceptors (Lipinski definition) is 3. The molecule has 3 aromatic rings. The third kappa shape index (κ3) is 5.70. The van der Waals surface area contributed by atoms with Crippen molar-refractivity contribution in [2.75, 3.05) is 6.54 Å². The lowest BCUT2D eigenvalue weighted by Gasteiger charge is -2.11. The van der Waals surface area contributed by atoms with Crippen molar-refractivity contribution in [2.45, 2.75) is 33.4 Å². The normalized spacial score (nSPS) is 10.7. The first-order valence-electron chi connectivity index (χ1n) is 9.26. The summed E-state index contributed by atoms with van der Waals surface area (Å²) in [4.78, 5) is 12.4. The molecule has 3 rings (SSSR count). The van der Waals surface area contributed by atoms with Crippen LogP contribution >= 0.6 is 15.9 Å². The molecule has 5 nitrogen and oxygen atoms in total. The average molecular weight is 442 g/mol. The highest BCUT2D eigenvalue weighted by Crippen LogP contribution is 2.20. The van der Waals surface area contributed by atoms with Crippen molar-refractivity contribution >= 4 is 21.8 Å². The number of benzene rings is 2. The van der Waals surface area contributed by atoms with Gasteiger partial charge in [-0.1, -0.05) is 29.8 Å². The second-order valence-corrected chi connectivity index (χ2v) is 7.70. The minimum absolute atomic E-state index is 0.0741. The first-order valence-corrected chi connectivity index (χ1v) is 10.1. The van der Waals surface area contributed by atoms with Crippen molar-refractivity contribution < 1.29 is 9.53 Å². The van der Waals surface area contributed by atoms with Gasteiger partial charge in [-0.25, -0.2) is 0 Å². The maximum Gasteiger partial charge on any atom is 0.251 e. The summed E-state index contributed by atoms with van der Waals surface area (Å²) in [6.45, 7) is 5.88. The summed E-state index contributed by atoms with van der Waals surface area (Å²) in [5.41, 5.74) is 3.93. The molecular weight excluding hydrogens is 418 g/mol. The van der Waals surface area contributed by atoms with Crippen molar-refractivity contribution in [3.8, 4) is 5.75 Å². The molecule has 0 fully saturated rings. The van der Waals surface area contributed by atoms with E-state index in [-0.39, 0.29) is 5.91 Å². The number of hydrogen-bond donors (Lipinski definition) is 1. The van der Waals surface area contributed by atoms with Gasteiger partial charge in [-0.2, -0.15) is 5.10 Å². The molecule has 1 amide bonds. The van der Waals surface area contributed by atoms with Crippen LogP contribution in [0.15, 0.2) is 59.3 Å². The molecule has 0 aliphatic heterocycles. The summed E-state index contributed by atoms with van der Waals surface area (Å²) in [5, 5.41) is 7.16. The Morgan fingerprint density at radius 2 is 2.07 bits per heavy atom. The molecule has 2 aromatic carbocycles. The van der Waals surface area contributed by atoms with E-state index in [0.717, 1.165) is 34.3 Å². The number of carbonyl (C=O) groups is 1. The second-order valence-electron chi connectivity index (χ2n) is 6.79. The van der Waals surface area contributed by atoms with Gasteiger partial charge in [0.1, 0.15) is 12.4 Å². The Morgan fingerprint density at radius 1 is 1.21 bits per heavy atom. The molecule has 146 valence electrons. The highest BCUT2D eigenvalue weighted by molar-refractivity contribution is 9.10. The average Bonchev–Trinajstić information content (AvgIpc) is 3.10. The van der Waals surface area contributed by atoms with Crippen molar-refractivity contribution in [1.82, 2.24) is 15.1 Å². The Morgan fingerprint density at radius 3 is 2.82 bits per heavy atom. The number of nitrogens with one attached hydrogen (secondary N) is 1. The molecule has 0 aliphatic carbocycles. The van der Waals surface area contributed by atoms with Crippen molar-refractivity contribution in [1.29, 1.82) is 0 Å². The zero-order chi connectivity index (χ0) is 19.9. The number of carbonyl (C=O) groups excluding carboxylic acids is 1. The fourth-order valence-electron chi connectivity index (χ4n) is 2.93. The van der Waals surface area contributed by atoms with E-state index in [1.807, 2.05) is 54.2 Å². The Labute approximate surface area is 173 Å². The molecule has 0 saturated heterocycles. The van der Waals surface area contributed by atoms with Gasteiger partial charge >= 0.3 is 0 Å². The molecule has 28 heavy (non-hydrogen) atoms. The number of aryl methyl sites for hydroxylation is 3. The van der Waals surface area contributed by atoms with Crippen molar-refractivity contribution in [3.05, 3.63) is 81.6 Å². The fourth-order valence-corrected chi connectivity index (χ4v) is 3.26. The van der Waals surface area contributed by atoms with Crippen LogP contribution in [0.3, 0.4) is 0 Å². The molecule has 6 heteroatoms. The van der Waals surface area contributed by atoms with E-state index in [1.54, 1.807) is 6.20 Å². The van der Waals surface area contributed by atoms with E-state index >= 15 is 0 Å². The van der Waals surface area contributed by atoms with Gasteiger partial charge in [0.05, 0.1) is 10.7 Å². The lowest BCUT2D eigenvalue weighted by Crippen LogP contribution is -2.25. The molecule has 0 spiro atoms. The summed E-state index contributed by atoms with van der Waals surface area (Å²) in [6.07, 6.45) is 4.49. The fraction of sp³-hybridized carbons (Fsp3) is 0.273. The third-order valence-electron chi connectivity index (χ3n) is 4.37. The van der Waals surface area contributed by atoms with E-state index in [1.165, 1.54) is 5.56 Å². The Bertz CT molecular complexity index is 952. The Hall–Kier alpha value is -2.60. The van der Waals surface area contributed by atoms with Gasteiger partial charge in [0, 0.05) is 24.8 Å². The number of aromatic nitrogens is 2. The Kier molecular flexibility index (Phi) is 6.87. The van der Waals surface area contributed by atoms with E-state index in [4.69, 9.17) is 4.74 Å². The van der Waals surface area contributed by atoms with Crippen LogP contribution in [0.5, 0.6) is 5.75 Å². The summed E-state index contributed by atoms with van der Waals surface area (Å²) >= 11 is 3.37. The van der Waals surface area contributed by atoms with E-state index in [9.17, 15) is 4.79 Å². The van der Waals surface area contributed by atoms with Gasteiger partial charge in [0.2, 0.25) is 0 Å². The lowest BCUT2D eigenvalue weighted by atomic mass is 10.1. The van der Waals surface area contributed by atoms with Crippen LogP contribution in [0.2, 0.25) is 0 Å². The molecule has 0 unspecified atom stereocenters. The SMILES string of the molecule is Cc1ccc(OCc2cccc(C(=O)NCCCn3cc(Br)cn3)c2)c(C)c1. The number of ether oxygens (including phenoxy) is 1. The molecule has 1 aromatic heterocycles. The molecular formula is C22H24BrN3O2. The zero-order valence-corrected chi connectivity index (χ0v) is 17.7. The van der Waals surface area contributed by atoms with Crippen LogP contribution in [-0.2, 0) is 13.2 Å². The molecule has 0 radical (unpaired) electrons. The maximum atomic E-state index is 12.4. The Balaban J connectivity index is 1.49. The topological polar surface area (TPSA) is 56.1 Å². The van der Waals surface area contributed by atoms with Gasteiger partial charge in [0.15, 0.2) is 0 Å². The third-order valence-corrected chi connectivity index (χ3v) is 4.77. The van der Waals surface area contributed by atoms with Crippen molar-refractivity contribution in [2.24, 2.45) is 0 Å². The lowest BCUT2D eigenvalue weighted by molar-refractivity contribution is 0.0952. The van der Waals surface area contributed by atoms with Gasteiger partial charge in [-0.15, -0.1) is 0 Å². The summed E-state index contributed by atoms with van der Waals surface area (Å²) in [5.74, 6) is 0.792. The van der Waals surface area contributed by atoms with Crippen LogP contribution in [-0.4, -0.2) is 22.2 Å². The second kappa shape index (κ2) is 9.55. The number of halogens is 1. The largest absolute Gasteiger partial charge is 0.489 e. The van der Waals surface area contributed by atoms with Gasteiger partial charge in [-0.3, -0.25) is 9.48 Å². The molecule has 0 atom stereocenters. The summed E-state index contributed by atoms with van der Waals surface area (Å²) < 4.78 is 8.72. The van der Waals surface area contributed by atoms with Crippen LogP contribution in [0, 0.1) is 13.8 Å². The van der Waals surface area contributed by atoms with E-state index in [0.29, 0.717) is 18.7 Å². The first kappa shape index (κ1) is 20.1. The minimum atomic E-state index is -0.0741. The van der Waals surface area contributed by atoms with Crippen LogP contribution < -0.4 is 10.1 Å². The van der Waals surface area contributed by atoms with Crippen molar-refractivity contribution in [3.63, 3.8) is 0 Å².